The molecule has 0 radical (unpaired) electrons. The first-order valence-electron chi connectivity index (χ1n) is 12.6. The highest BCUT2D eigenvalue weighted by atomic mass is 32.2. The van der Waals surface area contributed by atoms with Crippen molar-refractivity contribution in [1.29, 1.82) is 5.26 Å². The van der Waals surface area contributed by atoms with Crippen molar-refractivity contribution in [3.8, 4) is 6.07 Å². The van der Waals surface area contributed by atoms with Crippen molar-refractivity contribution in [3.05, 3.63) is 31.9 Å². The van der Waals surface area contributed by atoms with Gasteiger partial charge in [-0.25, -0.2) is 0 Å². The lowest BCUT2D eigenvalue weighted by atomic mass is 9.95. The Morgan fingerprint density at radius 3 is 2.47 bits per heavy atom. The molecule has 0 aromatic carbocycles. The minimum absolute atomic E-state index is 0.0894. The van der Waals surface area contributed by atoms with Crippen LogP contribution in [0.2, 0.25) is 0 Å². The number of carbonyl (C=O) groups excluding carboxylic acids is 2. The van der Waals surface area contributed by atoms with Crippen LogP contribution in [0.3, 0.4) is 0 Å². The summed E-state index contributed by atoms with van der Waals surface area (Å²) >= 11 is 6.69. The highest BCUT2D eigenvalue weighted by Crippen LogP contribution is 2.37. The van der Waals surface area contributed by atoms with Crippen LogP contribution in [0.15, 0.2) is 9.70 Å². The van der Waals surface area contributed by atoms with Crippen LogP contribution in [-0.4, -0.2) is 51.9 Å². The van der Waals surface area contributed by atoms with Crippen molar-refractivity contribution in [1.82, 2.24) is 9.47 Å². The monoisotopic (exact) mass is 530 g/mol. The third-order valence-electron chi connectivity index (χ3n) is 6.59. The highest BCUT2D eigenvalue weighted by molar-refractivity contribution is 8.26. The number of pyridine rings is 1. The van der Waals surface area contributed by atoms with Crippen molar-refractivity contribution in [2.75, 3.05) is 31.1 Å². The molecule has 2 saturated heterocycles. The molecule has 0 spiro atoms. The Kier molecular flexibility index (Phi) is 9.74. The Balaban J connectivity index is 2.13. The standard InChI is InChI=1S/C26H34N4O4S2/c1-5-8-12-29-22(28-13-9-18(10-14-28)25(33)34-7-3)19(17(4)20(16-27)23(29)31)15-21-24(32)30(11-6-2)26(35)36-21/h15,18H,5-14H2,1-4H3/b21-15+. The Morgan fingerprint density at radius 1 is 1.19 bits per heavy atom. The summed E-state index contributed by atoms with van der Waals surface area (Å²) in [5.74, 6) is 0.192. The summed E-state index contributed by atoms with van der Waals surface area (Å²) in [5, 5.41) is 9.84. The highest BCUT2D eigenvalue weighted by Gasteiger charge is 2.34. The topological polar surface area (TPSA) is 95.6 Å². The lowest BCUT2D eigenvalue weighted by molar-refractivity contribution is -0.148. The third-order valence-corrected chi connectivity index (χ3v) is 7.97. The largest absolute Gasteiger partial charge is 0.466 e. The Labute approximate surface area is 222 Å². The molecule has 194 valence electrons. The molecule has 36 heavy (non-hydrogen) atoms. The fourth-order valence-electron chi connectivity index (χ4n) is 4.64. The first-order chi connectivity index (χ1) is 17.3. The number of esters is 1. The zero-order valence-electron chi connectivity index (χ0n) is 21.5. The first-order valence-corrected chi connectivity index (χ1v) is 13.9. The second-order valence-corrected chi connectivity index (χ2v) is 10.7. The summed E-state index contributed by atoms with van der Waals surface area (Å²) in [5.41, 5.74) is 1.01. The molecule has 0 N–H and O–H groups in total. The maximum Gasteiger partial charge on any atom is 0.309 e. The maximum absolute atomic E-state index is 13.4. The summed E-state index contributed by atoms with van der Waals surface area (Å²) in [7, 11) is 0. The Hall–Kier alpha value is -2.64. The van der Waals surface area contributed by atoms with Crippen molar-refractivity contribution in [2.45, 2.75) is 66.3 Å². The van der Waals surface area contributed by atoms with Gasteiger partial charge in [0, 0.05) is 31.7 Å². The van der Waals surface area contributed by atoms with E-state index in [9.17, 15) is 19.6 Å². The molecule has 10 heteroatoms. The molecule has 3 rings (SSSR count). The van der Waals surface area contributed by atoms with Crippen molar-refractivity contribution < 1.29 is 14.3 Å². The van der Waals surface area contributed by atoms with Crippen LogP contribution in [0.1, 0.15) is 69.6 Å². The van der Waals surface area contributed by atoms with Crippen LogP contribution in [0.4, 0.5) is 5.82 Å². The molecule has 3 heterocycles. The zero-order chi connectivity index (χ0) is 26.4. The average molecular weight is 531 g/mol. The number of hydrogen-bond donors (Lipinski definition) is 0. The number of amides is 1. The van der Waals surface area contributed by atoms with E-state index in [1.165, 1.54) is 11.8 Å². The molecule has 2 fully saturated rings. The number of nitrogens with zero attached hydrogens (tertiary/aromatic N) is 4. The van der Waals surface area contributed by atoms with Gasteiger partial charge in [-0.15, -0.1) is 0 Å². The van der Waals surface area contributed by atoms with Crippen molar-refractivity contribution in [3.63, 3.8) is 0 Å². The van der Waals surface area contributed by atoms with Crippen LogP contribution >= 0.6 is 24.0 Å². The maximum atomic E-state index is 13.4. The predicted molar refractivity (Wildman–Crippen MR) is 147 cm³/mol. The number of ether oxygens (including phenoxy) is 1. The third kappa shape index (κ3) is 5.68. The molecule has 0 unspecified atom stereocenters. The van der Waals surface area contributed by atoms with Crippen molar-refractivity contribution >= 4 is 52.1 Å². The van der Waals surface area contributed by atoms with Gasteiger partial charge in [-0.1, -0.05) is 44.2 Å². The Bertz CT molecular complexity index is 1160. The van der Waals surface area contributed by atoms with Gasteiger partial charge in [0.1, 0.15) is 21.8 Å². The van der Waals surface area contributed by atoms with Gasteiger partial charge < -0.3 is 9.64 Å². The number of nitriles is 1. The Morgan fingerprint density at radius 2 is 1.89 bits per heavy atom. The van der Waals surface area contributed by atoms with Gasteiger partial charge >= 0.3 is 5.97 Å². The SMILES string of the molecule is CCCCn1c(N2CCC(C(=O)OCC)CC2)c(/C=C2/SC(=S)N(CCC)C2=O)c(C)c(C#N)c1=O. The van der Waals surface area contributed by atoms with E-state index in [2.05, 4.69) is 17.9 Å². The molecular formula is C26H34N4O4S2. The number of rotatable bonds is 9. The van der Waals surface area contributed by atoms with E-state index >= 15 is 0 Å². The van der Waals surface area contributed by atoms with Gasteiger partial charge in [-0.05, 0) is 51.2 Å². The number of thioether (sulfide) groups is 1. The molecule has 8 nitrogen and oxygen atoms in total. The minimum atomic E-state index is -0.318. The molecule has 0 bridgehead atoms. The van der Waals surface area contributed by atoms with Gasteiger partial charge in [-0.3, -0.25) is 23.9 Å². The van der Waals surface area contributed by atoms with E-state index in [4.69, 9.17) is 17.0 Å². The number of piperidine rings is 1. The van der Waals surface area contributed by atoms with Crippen LogP contribution in [0.5, 0.6) is 0 Å². The number of carbonyl (C=O) groups is 2. The van der Waals surface area contributed by atoms with Gasteiger partial charge in [0.05, 0.1) is 17.4 Å². The fraction of sp³-hybridized carbons (Fsp3) is 0.577. The summed E-state index contributed by atoms with van der Waals surface area (Å²) < 4.78 is 7.41. The molecule has 2 aliphatic rings. The van der Waals surface area contributed by atoms with Crippen LogP contribution in [0, 0.1) is 24.2 Å². The second-order valence-electron chi connectivity index (χ2n) is 9.01. The van der Waals surface area contributed by atoms with Gasteiger partial charge in [0.25, 0.3) is 11.5 Å². The van der Waals surface area contributed by atoms with Crippen LogP contribution in [-0.2, 0) is 20.9 Å². The molecule has 1 amide bonds. The molecule has 0 atom stereocenters. The van der Waals surface area contributed by atoms with E-state index in [1.807, 2.05) is 6.92 Å². The molecular weight excluding hydrogens is 496 g/mol. The number of thiocarbonyl (C=S) groups is 1. The predicted octanol–water partition coefficient (Wildman–Crippen LogP) is 4.22. The van der Waals surface area contributed by atoms with Crippen molar-refractivity contribution in [2.24, 2.45) is 5.92 Å². The smallest absolute Gasteiger partial charge is 0.309 e. The van der Waals surface area contributed by atoms with Crippen LogP contribution in [0.25, 0.3) is 6.08 Å². The van der Waals surface area contributed by atoms with E-state index in [0.717, 1.165) is 19.3 Å². The number of anilines is 1. The zero-order valence-corrected chi connectivity index (χ0v) is 23.1. The average Bonchev–Trinajstić information content (AvgIpc) is 3.13. The molecule has 0 aliphatic carbocycles. The molecule has 2 aliphatic heterocycles. The van der Waals surface area contributed by atoms with Gasteiger partial charge in [-0.2, -0.15) is 5.26 Å². The summed E-state index contributed by atoms with van der Waals surface area (Å²) in [4.78, 5) is 43.0. The summed E-state index contributed by atoms with van der Waals surface area (Å²) in [6.45, 7) is 10.1. The van der Waals surface area contributed by atoms with Gasteiger partial charge in [0.15, 0.2) is 0 Å². The first kappa shape index (κ1) is 27.9. The second kappa shape index (κ2) is 12.5. The molecule has 0 saturated carbocycles. The minimum Gasteiger partial charge on any atom is -0.466 e. The summed E-state index contributed by atoms with van der Waals surface area (Å²) in [6, 6.07) is 2.09. The number of aromatic nitrogens is 1. The fourth-order valence-corrected chi connectivity index (χ4v) is 5.93. The lowest BCUT2D eigenvalue weighted by Crippen LogP contribution is -2.41. The van der Waals surface area contributed by atoms with E-state index in [0.29, 0.717) is 71.8 Å². The lowest BCUT2D eigenvalue weighted by Gasteiger charge is -2.35. The van der Waals surface area contributed by atoms with Crippen LogP contribution < -0.4 is 10.5 Å². The molecule has 1 aromatic heterocycles. The quantitative estimate of drug-likeness (QED) is 0.266. The van der Waals surface area contributed by atoms with E-state index < -0.39 is 0 Å². The number of hydrogen-bond acceptors (Lipinski definition) is 8. The van der Waals surface area contributed by atoms with Gasteiger partial charge in [0.2, 0.25) is 0 Å². The van der Waals surface area contributed by atoms with E-state index in [-0.39, 0.29) is 28.9 Å². The molecule has 1 aromatic rings. The number of unbranched alkanes of at least 4 members (excludes halogenated alkanes) is 1. The van der Waals surface area contributed by atoms with E-state index in [1.54, 1.807) is 29.4 Å². The summed E-state index contributed by atoms with van der Waals surface area (Å²) in [6.07, 6.45) is 5.46. The normalized spacial score (nSPS) is 17.7.